The number of rotatable bonds is 10. The average molecular weight is 665 g/mol. The highest BCUT2D eigenvalue weighted by molar-refractivity contribution is 7.83. The molecule has 4 aromatic carbocycles. The van der Waals surface area contributed by atoms with Crippen LogP contribution >= 0.6 is 24.4 Å². The largest absolute Gasteiger partial charge is 0.494 e. The van der Waals surface area contributed by atoms with Gasteiger partial charge in [0.2, 0.25) is 0 Å². The molecule has 6 rings (SSSR count). The highest BCUT2D eigenvalue weighted by atomic mass is 32.1. The number of thiocarbonyl (C=S) groups is 2. The third-order valence-corrected chi connectivity index (χ3v) is 8.01. The number of nitrogens with zero attached hydrogens (tertiary/aromatic N) is 4. The van der Waals surface area contributed by atoms with Crippen LogP contribution in [0, 0.1) is 10.8 Å². The Morgan fingerprint density at radius 1 is 0.489 bits per heavy atom. The van der Waals surface area contributed by atoms with Gasteiger partial charge < -0.3 is 14.2 Å². The summed E-state index contributed by atoms with van der Waals surface area (Å²) in [6, 6.07) is 26.4. The Labute approximate surface area is 281 Å². The minimum absolute atomic E-state index is 0.0903. The molecular weight excluding hydrogens is 637 g/mol. The van der Waals surface area contributed by atoms with Gasteiger partial charge in [-0.25, -0.2) is 29.2 Å². The van der Waals surface area contributed by atoms with Crippen molar-refractivity contribution in [2.24, 2.45) is 0 Å². The van der Waals surface area contributed by atoms with Gasteiger partial charge in [-0.1, -0.05) is 24.4 Å². The van der Waals surface area contributed by atoms with Crippen LogP contribution in [-0.4, -0.2) is 46.9 Å². The molecule has 2 aliphatic heterocycles. The lowest BCUT2D eigenvalue weighted by Crippen LogP contribution is -2.33. The third kappa shape index (κ3) is 5.89. The number of nitrogens with one attached hydrogen (secondary N) is 2. The summed E-state index contributed by atoms with van der Waals surface area (Å²) in [5.41, 5.74) is 1.99. The van der Waals surface area contributed by atoms with Crippen molar-refractivity contribution >= 4 is 80.9 Å². The SMILES string of the molecule is CCOc1ccc(N2C(=O)N(c3ccc(Oc4ccc(N5C(=N)C(=S)N(c6ccc(OCC)cc6)C5=O)cc4)cc3)C(=N)C2=S)cc1. The first kappa shape index (κ1) is 31.3. The van der Waals surface area contributed by atoms with Gasteiger partial charge in [0.1, 0.15) is 23.0 Å². The lowest BCUT2D eigenvalue weighted by Gasteiger charge is -2.18. The zero-order valence-electron chi connectivity index (χ0n) is 25.3. The molecule has 0 saturated carbocycles. The lowest BCUT2D eigenvalue weighted by atomic mass is 10.2. The molecule has 0 spiro atoms. The first-order valence-corrected chi connectivity index (χ1v) is 15.4. The summed E-state index contributed by atoms with van der Waals surface area (Å²) < 4.78 is 17.0. The maximum atomic E-state index is 13.4. The Kier molecular flexibility index (Phi) is 8.66. The molecule has 2 fully saturated rings. The Hall–Kier alpha value is -5.66. The van der Waals surface area contributed by atoms with Crippen molar-refractivity contribution in [3.8, 4) is 23.0 Å². The summed E-state index contributed by atoms with van der Waals surface area (Å²) in [5, 5.41) is 17.1. The molecule has 0 radical (unpaired) electrons. The Bertz CT molecular complexity index is 1760. The van der Waals surface area contributed by atoms with E-state index in [1.54, 1.807) is 97.1 Å². The topological polar surface area (TPSA) is 122 Å². The molecule has 0 aliphatic carbocycles. The normalized spacial score (nSPS) is 14.9. The molecule has 0 unspecified atom stereocenters. The van der Waals surface area contributed by atoms with E-state index in [4.69, 9.17) is 49.5 Å². The van der Waals surface area contributed by atoms with Gasteiger partial charge in [-0.05, 0) is 111 Å². The summed E-state index contributed by atoms with van der Waals surface area (Å²) in [6.45, 7) is 4.82. The van der Waals surface area contributed by atoms with E-state index in [9.17, 15) is 9.59 Å². The van der Waals surface area contributed by atoms with Crippen molar-refractivity contribution in [2.45, 2.75) is 13.8 Å². The average Bonchev–Trinajstić information content (AvgIpc) is 3.44. The van der Waals surface area contributed by atoms with Crippen LogP contribution in [0.15, 0.2) is 97.1 Å². The second-order valence-corrected chi connectivity index (χ2v) is 10.9. The number of benzene rings is 4. The van der Waals surface area contributed by atoms with E-state index in [-0.39, 0.29) is 21.6 Å². The van der Waals surface area contributed by atoms with Crippen molar-refractivity contribution in [1.82, 2.24) is 0 Å². The fourth-order valence-corrected chi connectivity index (χ4v) is 5.63. The van der Waals surface area contributed by atoms with Crippen molar-refractivity contribution < 1.29 is 23.8 Å². The van der Waals surface area contributed by atoms with Gasteiger partial charge in [-0.2, -0.15) is 0 Å². The van der Waals surface area contributed by atoms with E-state index in [2.05, 4.69) is 0 Å². The number of hydrogen-bond acceptors (Lipinski definition) is 9. The first-order chi connectivity index (χ1) is 22.7. The number of amides is 4. The summed E-state index contributed by atoms with van der Waals surface area (Å²) in [5.74, 6) is 2.10. The van der Waals surface area contributed by atoms with Crippen LogP contribution in [0.3, 0.4) is 0 Å². The quantitative estimate of drug-likeness (QED) is 0.166. The molecular formula is C34H28N6O5S2. The lowest BCUT2D eigenvalue weighted by molar-refractivity contribution is 0.256. The molecule has 13 heteroatoms. The van der Waals surface area contributed by atoms with Gasteiger partial charge in [0.05, 0.1) is 36.0 Å². The predicted octanol–water partition coefficient (Wildman–Crippen LogP) is 7.78. The van der Waals surface area contributed by atoms with Gasteiger partial charge in [0.25, 0.3) is 0 Å². The van der Waals surface area contributed by atoms with Crippen LogP contribution in [0.4, 0.5) is 32.3 Å². The van der Waals surface area contributed by atoms with Crippen molar-refractivity contribution in [2.75, 3.05) is 32.8 Å². The number of ether oxygens (including phenoxy) is 3. The Morgan fingerprint density at radius 3 is 1.06 bits per heavy atom. The summed E-state index contributed by atoms with van der Waals surface area (Å²) in [7, 11) is 0. The Balaban J connectivity index is 1.13. The van der Waals surface area contributed by atoms with Crippen molar-refractivity contribution in [3.63, 3.8) is 0 Å². The van der Waals surface area contributed by atoms with E-state index in [1.165, 1.54) is 19.6 Å². The number of amidine groups is 2. The molecule has 0 atom stereocenters. The van der Waals surface area contributed by atoms with E-state index in [0.29, 0.717) is 59.0 Å². The number of carbonyl (C=O) groups excluding carboxylic acids is 2. The summed E-state index contributed by atoms with van der Waals surface area (Å²) in [4.78, 5) is 32.0. The minimum Gasteiger partial charge on any atom is -0.494 e. The van der Waals surface area contributed by atoms with Gasteiger partial charge in [0, 0.05) is 0 Å². The summed E-state index contributed by atoms with van der Waals surface area (Å²) >= 11 is 10.9. The number of carbonyl (C=O) groups is 2. The zero-order chi connectivity index (χ0) is 33.2. The van der Waals surface area contributed by atoms with Crippen LogP contribution in [0.2, 0.25) is 0 Å². The molecule has 2 heterocycles. The molecule has 4 amide bonds. The number of hydrogen-bond donors (Lipinski definition) is 2. The van der Waals surface area contributed by atoms with Crippen LogP contribution in [0.5, 0.6) is 23.0 Å². The maximum absolute atomic E-state index is 13.4. The number of urea groups is 2. The molecule has 11 nitrogen and oxygen atoms in total. The van der Waals surface area contributed by atoms with Crippen molar-refractivity contribution in [3.05, 3.63) is 97.1 Å². The van der Waals surface area contributed by atoms with E-state index >= 15 is 0 Å². The summed E-state index contributed by atoms with van der Waals surface area (Å²) in [6.07, 6.45) is 0. The minimum atomic E-state index is -0.462. The van der Waals surface area contributed by atoms with E-state index in [0.717, 1.165) is 0 Å². The fourth-order valence-electron chi connectivity index (χ4n) is 5.08. The molecule has 4 aromatic rings. The molecule has 47 heavy (non-hydrogen) atoms. The van der Waals surface area contributed by atoms with Crippen molar-refractivity contribution in [1.29, 1.82) is 10.8 Å². The predicted molar refractivity (Wildman–Crippen MR) is 190 cm³/mol. The smallest absolute Gasteiger partial charge is 0.340 e. The van der Waals surface area contributed by atoms with Crippen LogP contribution < -0.4 is 33.8 Å². The number of anilines is 4. The van der Waals surface area contributed by atoms with Gasteiger partial charge in [-0.3, -0.25) is 10.8 Å². The van der Waals surface area contributed by atoms with Gasteiger partial charge in [-0.15, -0.1) is 0 Å². The molecule has 2 N–H and O–H groups in total. The van der Waals surface area contributed by atoms with Crippen LogP contribution in [0.1, 0.15) is 13.8 Å². The third-order valence-electron chi connectivity index (χ3n) is 7.26. The highest BCUT2D eigenvalue weighted by Crippen LogP contribution is 2.33. The molecule has 236 valence electrons. The second-order valence-electron chi connectivity index (χ2n) is 10.2. The fraction of sp³-hybridized carbons (Fsp3) is 0.118. The Morgan fingerprint density at radius 2 is 0.766 bits per heavy atom. The van der Waals surface area contributed by atoms with Gasteiger partial charge in [0.15, 0.2) is 21.6 Å². The molecule has 0 aromatic heterocycles. The maximum Gasteiger partial charge on any atom is 0.340 e. The first-order valence-electron chi connectivity index (χ1n) is 14.6. The molecule has 2 aliphatic rings. The van der Waals surface area contributed by atoms with Gasteiger partial charge >= 0.3 is 12.1 Å². The standard InChI is InChI=1S/C34H28N6O5S2/c1-3-43-25-13-5-23(6-14-25)39-31(46)29(35)37(33(39)41)21-9-17-27(18-10-21)45-28-19-11-22(12-20-28)38-30(36)32(47)40(34(38)42)24-7-15-26(16-8-24)44-4-2/h5-20,35-36H,3-4H2,1-2H3. The second kappa shape index (κ2) is 13.0. The highest BCUT2D eigenvalue weighted by Gasteiger charge is 2.41. The molecule has 2 saturated heterocycles. The molecule has 0 bridgehead atoms. The monoisotopic (exact) mass is 664 g/mol. The van der Waals surface area contributed by atoms with E-state index < -0.39 is 12.1 Å². The van der Waals surface area contributed by atoms with E-state index in [1.807, 2.05) is 13.8 Å². The zero-order valence-corrected chi connectivity index (χ0v) is 26.9. The van der Waals surface area contributed by atoms with Crippen LogP contribution in [0.25, 0.3) is 0 Å². The van der Waals surface area contributed by atoms with Crippen LogP contribution in [-0.2, 0) is 0 Å².